The molecular formula is C12H22N4O2. The fourth-order valence-corrected chi connectivity index (χ4v) is 2.07. The van der Waals surface area contributed by atoms with E-state index in [-0.39, 0.29) is 11.8 Å². The lowest BCUT2D eigenvalue weighted by molar-refractivity contribution is -0.121. The van der Waals surface area contributed by atoms with Gasteiger partial charge in [-0.05, 0) is 19.3 Å². The van der Waals surface area contributed by atoms with Crippen LogP contribution in [0.3, 0.4) is 0 Å². The summed E-state index contributed by atoms with van der Waals surface area (Å²) in [5.74, 6) is 0.0331. The lowest BCUT2D eigenvalue weighted by atomic mass is 9.90. The topological polar surface area (TPSA) is 96.6 Å². The quantitative estimate of drug-likeness (QED) is 0.650. The first kappa shape index (κ1) is 14.6. The number of amides is 2. The predicted octanol–water partition coefficient (Wildman–Crippen LogP) is 0.132. The van der Waals surface area contributed by atoms with Gasteiger partial charge in [0.2, 0.25) is 5.91 Å². The molecule has 18 heavy (non-hydrogen) atoms. The number of hydrogen-bond acceptors (Lipinski definition) is 4. The van der Waals surface area contributed by atoms with Gasteiger partial charge in [-0.2, -0.15) is 5.10 Å². The molecule has 1 aliphatic rings. The van der Waals surface area contributed by atoms with Gasteiger partial charge in [-0.15, -0.1) is 0 Å². The van der Waals surface area contributed by atoms with E-state index in [1.807, 2.05) is 6.92 Å². The molecule has 0 aromatic carbocycles. The molecule has 1 atom stereocenters. The highest BCUT2D eigenvalue weighted by Crippen LogP contribution is 2.15. The molecule has 1 aliphatic heterocycles. The number of nitrogens with one attached hydrogen (secondary N) is 2. The summed E-state index contributed by atoms with van der Waals surface area (Å²) in [5.41, 5.74) is 7.97. The van der Waals surface area contributed by atoms with Gasteiger partial charge in [0, 0.05) is 19.4 Å². The Morgan fingerprint density at radius 1 is 1.56 bits per heavy atom. The minimum absolute atomic E-state index is 0.157. The van der Waals surface area contributed by atoms with Crippen LogP contribution < -0.4 is 16.5 Å². The van der Waals surface area contributed by atoms with Crippen molar-refractivity contribution in [2.24, 2.45) is 16.8 Å². The van der Waals surface area contributed by atoms with E-state index in [0.29, 0.717) is 31.0 Å². The minimum Gasteiger partial charge on any atom is -0.344 e. The molecule has 0 saturated heterocycles. The third-order valence-electron chi connectivity index (χ3n) is 2.89. The molecule has 0 saturated carbocycles. The van der Waals surface area contributed by atoms with Crippen molar-refractivity contribution in [2.75, 3.05) is 6.54 Å². The molecule has 0 spiro atoms. The molecular weight excluding hydrogens is 232 g/mol. The van der Waals surface area contributed by atoms with Crippen LogP contribution in [0.2, 0.25) is 0 Å². The maximum absolute atomic E-state index is 12.0. The van der Waals surface area contributed by atoms with Gasteiger partial charge in [0.1, 0.15) is 5.71 Å². The van der Waals surface area contributed by atoms with Gasteiger partial charge in [0.15, 0.2) is 0 Å². The van der Waals surface area contributed by atoms with E-state index in [2.05, 4.69) is 29.7 Å². The number of rotatable bonds is 5. The Balaban J connectivity index is 2.65. The van der Waals surface area contributed by atoms with E-state index in [9.17, 15) is 9.59 Å². The molecule has 4 N–H and O–H groups in total. The molecule has 0 bridgehead atoms. The second-order valence-corrected chi connectivity index (χ2v) is 5.41. The summed E-state index contributed by atoms with van der Waals surface area (Å²) in [6, 6.07) is 0. The van der Waals surface area contributed by atoms with E-state index in [0.717, 1.165) is 6.42 Å². The number of hydrazone groups is 1. The molecule has 1 unspecified atom stereocenters. The summed E-state index contributed by atoms with van der Waals surface area (Å²) in [6.07, 6.45) is 1.48. The smallest absolute Gasteiger partial charge is 0.267 e. The average molecular weight is 254 g/mol. The van der Waals surface area contributed by atoms with E-state index < -0.39 is 5.54 Å². The molecule has 1 rings (SSSR count). The largest absolute Gasteiger partial charge is 0.344 e. The van der Waals surface area contributed by atoms with Gasteiger partial charge in [0.05, 0.1) is 5.54 Å². The van der Waals surface area contributed by atoms with Crippen molar-refractivity contribution in [1.82, 2.24) is 10.7 Å². The van der Waals surface area contributed by atoms with Crippen molar-refractivity contribution >= 4 is 17.5 Å². The number of nitrogens with two attached hydrogens (primary N) is 1. The van der Waals surface area contributed by atoms with Gasteiger partial charge >= 0.3 is 0 Å². The first-order valence-corrected chi connectivity index (χ1v) is 6.24. The molecule has 102 valence electrons. The van der Waals surface area contributed by atoms with Crippen LogP contribution in [0.4, 0.5) is 0 Å². The fraction of sp³-hybridized carbons (Fsp3) is 0.750. The van der Waals surface area contributed by atoms with Crippen molar-refractivity contribution in [3.8, 4) is 0 Å². The Hall–Kier alpha value is -1.43. The summed E-state index contributed by atoms with van der Waals surface area (Å²) in [6.45, 7) is 6.46. The average Bonchev–Trinajstić information content (AvgIpc) is 2.28. The van der Waals surface area contributed by atoms with Crippen molar-refractivity contribution in [3.63, 3.8) is 0 Å². The zero-order chi connectivity index (χ0) is 13.8. The minimum atomic E-state index is -0.435. The zero-order valence-electron chi connectivity index (χ0n) is 11.2. The molecule has 6 nitrogen and oxygen atoms in total. The van der Waals surface area contributed by atoms with Crippen molar-refractivity contribution in [1.29, 1.82) is 0 Å². The molecule has 2 amide bonds. The Morgan fingerprint density at radius 3 is 2.67 bits per heavy atom. The van der Waals surface area contributed by atoms with Crippen LogP contribution in [0, 0.1) is 5.92 Å². The summed E-state index contributed by atoms with van der Waals surface area (Å²) in [7, 11) is 0. The summed E-state index contributed by atoms with van der Waals surface area (Å²) in [4.78, 5) is 23.0. The Morgan fingerprint density at radius 2 is 2.22 bits per heavy atom. The van der Waals surface area contributed by atoms with E-state index >= 15 is 0 Å². The molecule has 1 heterocycles. The second kappa shape index (κ2) is 5.95. The molecule has 6 heteroatoms. The lowest BCUT2D eigenvalue weighted by Gasteiger charge is -2.31. The Labute approximate surface area is 107 Å². The number of nitrogens with zero attached hydrogens (tertiary/aromatic N) is 1. The molecule has 0 aromatic heterocycles. The molecule has 0 aromatic rings. The van der Waals surface area contributed by atoms with Crippen LogP contribution in [0.25, 0.3) is 0 Å². The van der Waals surface area contributed by atoms with E-state index in [4.69, 9.17) is 5.73 Å². The maximum Gasteiger partial charge on any atom is 0.267 e. The summed E-state index contributed by atoms with van der Waals surface area (Å²) in [5, 5.41) is 6.69. The number of carbonyl (C=O) groups excluding carboxylic acids is 2. The Kier molecular flexibility index (Phi) is 4.84. The zero-order valence-corrected chi connectivity index (χ0v) is 11.2. The van der Waals surface area contributed by atoms with Crippen LogP contribution >= 0.6 is 0 Å². The van der Waals surface area contributed by atoms with Gasteiger partial charge in [-0.25, -0.2) is 5.43 Å². The highest BCUT2D eigenvalue weighted by Gasteiger charge is 2.28. The van der Waals surface area contributed by atoms with Crippen LogP contribution in [-0.4, -0.2) is 29.6 Å². The van der Waals surface area contributed by atoms with Gasteiger partial charge < -0.3 is 11.1 Å². The third kappa shape index (κ3) is 4.10. The standard InChI is InChI=1S/C12H22N4O2/c1-8(2)6-12(3,7-13)14-11(18)9-4-5-10(17)16-15-9/h8H,4-7,13H2,1-3H3,(H,14,18)(H,16,17). The normalized spacial score (nSPS) is 18.9. The highest BCUT2D eigenvalue weighted by molar-refractivity contribution is 6.39. The fourth-order valence-electron chi connectivity index (χ4n) is 2.07. The van der Waals surface area contributed by atoms with Crippen LogP contribution in [0.15, 0.2) is 5.10 Å². The monoisotopic (exact) mass is 254 g/mol. The lowest BCUT2D eigenvalue weighted by Crippen LogP contribution is -2.54. The summed E-state index contributed by atoms with van der Waals surface area (Å²) < 4.78 is 0. The van der Waals surface area contributed by atoms with Crippen LogP contribution in [0.1, 0.15) is 40.0 Å². The number of carbonyl (C=O) groups is 2. The third-order valence-corrected chi connectivity index (χ3v) is 2.89. The van der Waals surface area contributed by atoms with Crippen molar-refractivity contribution in [2.45, 2.75) is 45.6 Å². The van der Waals surface area contributed by atoms with E-state index in [1.54, 1.807) is 0 Å². The SMILES string of the molecule is CC(C)CC(C)(CN)NC(=O)C1=NNC(=O)CC1. The first-order valence-electron chi connectivity index (χ1n) is 6.24. The Bertz CT molecular complexity index is 365. The summed E-state index contributed by atoms with van der Waals surface area (Å²) >= 11 is 0. The maximum atomic E-state index is 12.0. The number of hydrogen-bond donors (Lipinski definition) is 3. The van der Waals surface area contributed by atoms with Gasteiger partial charge in [-0.1, -0.05) is 13.8 Å². The van der Waals surface area contributed by atoms with Crippen molar-refractivity contribution < 1.29 is 9.59 Å². The molecule has 0 aliphatic carbocycles. The highest BCUT2D eigenvalue weighted by atomic mass is 16.2. The van der Waals surface area contributed by atoms with Crippen LogP contribution in [0.5, 0.6) is 0 Å². The predicted molar refractivity (Wildman–Crippen MR) is 69.9 cm³/mol. The van der Waals surface area contributed by atoms with E-state index in [1.165, 1.54) is 0 Å². The van der Waals surface area contributed by atoms with Crippen LogP contribution in [-0.2, 0) is 9.59 Å². The second-order valence-electron chi connectivity index (χ2n) is 5.41. The van der Waals surface area contributed by atoms with Gasteiger partial charge in [0.25, 0.3) is 5.91 Å². The van der Waals surface area contributed by atoms with Crippen molar-refractivity contribution in [3.05, 3.63) is 0 Å². The van der Waals surface area contributed by atoms with Gasteiger partial charge in [-0.3, -0.25) is 9.59 Å². The first-order chi connectivity index (χ1) is 8.36. The molecule has 0 radical (unpaired) electrons. The molecule has 0 fully saturated rings.